The fraction of sp³-hybridized carbons (Fsp3) is 0.900. The number of aliphatic carboxylic acids is 1. The lowest BCUT2D eigenvalue weighted by Crippen LogP contribution is -2.70. The van der Waals surface area contributed by atoms with Gasteiger partial charge in [0.2, 0.25) is 5.79 Å². The maximum Gasteiger partial charge on any atom is 0.308 e. The molecule has 4 heterocycles. The number of rotatable bonds is 6. The Balaban J connectivity index is 1.45. The van der Waals surface area contributed by atoms with Gasteiger partial charge in [0.05, 0.1) is 12.8 Å². The van der Waals surface area contributed by atoms with Crippen molar-refractivity contribution in [2.45, 2.75) is 83.3 Å². The Morgan fingerprint density at radius 2 is 1.90 bits per heavy atom. The van der Waals surface area contributed by atoms with Crippen LogP contribution in [0.5, 0.6) is 0 Å². The van der Waals surface area contributed by atoms with Crippen molar-refractivity contribution in [3.05, 3.63) is 0 Å². The van der Waals surface area contributed by atoms with Crippen LogP contribution in [0.1, 0.15) is 59.3 Å². The van der Waals surface area contributed by atoms with Crippen LogP contribution in [0.4, 0.5) is 0 Å². The molecule has 4 aliphatic heterocycles. The maximum absolute atomic E-state index is 11.6. The molecule has 0 radical (unpaired) electrons. The van der Waals surface area contributed by atoms with Crippen LogP contribution in [0.15, 0.2) is 0 Å². The van der Waals surface area contributed by atoms with Crippen LogP contribution in [0.2, 0.25) is 0 Å². The van der Waals surface area contributed by atoms with E-state index in [9.17, 15) is 9.59 Å². The zero-order valence-corrected chi connectivity index (χ0v) is 17.1. The van der Waals surface area contributed by atoms with E-state index in [1.165, 1.54) is 0 Å². The minimum Gasteiger partial charge on any atom is -0.481 e. The molecular formula is C20H30O9. The summed E-state index contributed by atoms with van der Waals surface area (Å²) in [5, 5.41) is 8.64. The Morgan fingerprint density at radius 3 is 2.66 bits per heavy atom. The SMILES string of the molecule is C[C@@H]1CCC2[C@@H](C)[C@H](OCOC(=O)CCC(=O)O)O[C@@H]3OC4(C)CCC1[C@@]23OO4. The van der Waals surface area contributed by atoms with Gasteiger partial charge in [-0.25, -0.2) is 9.78 Å². The van der Waals surface area contributed by atoms with Gasteiger partial charge in [-0.15, -0.1) is 0 Å². The van der Waals surface area contributed by atoms with Gasteiger partial charge in [-0.1, -0.05) is 13.8 Å². The highest BCUT2D eigenvalue weighted by Gasteiger charge is 2.69. The molecule has 164 valence electrons. The van der Waals surface area contributed by atoms with E-state index in [4.69, 9.17) is 33.8 Å². The van der Waals surface area contributed by atoms with Gasteiger partial charge < -0.3 is 24.1 Å². The summed E-state index contributed by atoms with van der Waals surface area (Å²) in [4.78, 5) is 34.0. The average molecular weight is 414 g/mol. The predicted molar refractivity (Wildman–Crippen MR) is 95.7 cm³/mol. The van der Waals surface area contributed by atoms with Gasteiger partial charge >= 0.3 is 11.9 Å². The van der Waals surface area contributed by atoms with Gasteiger partial charge in [0.1, 0.15) is 0 Å². The minimum atomic E-state index is -1.05. The van der Waals surface area contributed by atoms with E-state index < -0.39 is 35.9 Å². The third-order valence-electron chi connectivity index (χ3n) is 7.09. The summed E-state index contributed by atoms with van der Waals surface area (Å²) in [7, 11) is 0. The predicted octanol–water partition coefficient (Wildman–Crippen LogP) is 2.58. The van der Waals surface area contributed by atoms with Crippen LogP contribution in [0.25, 0.3) is 0 Å². The number of hydrogen-bond donors (Lipinski definition) is 1. The fourth-order valence-corrected chi connectivity index (χ4v) is 5.51. The summed E-state index contributed by atoms with van der Waals surface area (Å²) in [6.07, 6.45) is 2.01. The van der Waals surface area contributed by atoms with Crippen molar-refractivity contribution < 1.29 is 43.4 Å². The molecule has 1 saturated carbocycles. The molecule has 5 rings (SSSR count). The van der Waals surface area contributed by atoms with Gasteiger partial charge in [0.25, 0.3) is 0 Å². The van der Waals surface area contributed by atoms with E-state index in [-0.39, 0.29) is 37.4 Å². The van der Waals surface area contributed by atoms with Crippen LogP contribution in [-0.2, 0) is 38.3 Å². The molecule has 2 bridgehead atoms. The second kappa shape index (κ2) is 7.77. The summed E-state index contributed by atoms with van der Waals surface area (Å²) in [6.45, 7) is 5.86. The van der Waals surface area contributed by atoms with Crippen LogP contribution >= 0.6 is 0 Å². The van der Waals surface area contributed by atoms with Crippen molar-refractivity contribution in [2.24, 2.45) is 23.7 Å². The Hall–Kier alpha value is -1.26. The van der Waals surface area contributed by atoms with Gasteiger partial charge in [-0.2, -0.15) is 0 Å². The number of esters is 1. The Kier molecular flexibility index (Phi) is 5.63. The Labute approximate surface area is 169 Å². The van der Waals surface area contributed by atoms with E-state index in [0.29, 0.717) is 5.92 Å². The first-order valence-corrected chi connectivity index (χ1v) is 10.4. The number of carbonyl (C=O) groups is 2. The molecule has 29 heavy (non-hydrogen) atoms. The maximum atomic E-state index is 11.6. The molecule has 0 aromatic carbocycles. The van der Waals surface area contributed by atoms with Crippen molar-refractivity contribution in [3.63, 3.8) is 0 Å². The quantitative estimate of drug-likeness (QED) is 0.398. The molecule has 0 amide bonds. The number of hydrogen-bond acceptors (Lipinski definition) is 8. The zero-order valence-electron chi connectivity index (χ0n) is 17.1. The lowest BCUT2D eigenvalue weighted by Gasteiger charge is -2.60. The lowest BCUT2D eigenvalue weighted by atomic mass is 9.58. The van der Waals surface area contributed by atoms with Crippen molar-refractivity contribution >= 4 is 11.9 Å². The monoisotopic (exact) mass is 414 g/mol. The first-order chi connectivity index (χ1) is 13.7. The summed E-state index contributed by atoms with van der Waals surface area (Å²) < 4.78 is 23.2. The molecule has 5 aliphatic rings. The number of carboxylic acids is 1. The van der Waals surface area contributed by atoms with E-state index >= 15 is 0 Å². The molecule has 3 unspecified atom stereocenters. The highest BCUT2D eigenvalue weighted by atomic mass is 17.3. The molecule has 8 atom stereocenters. The fourth-order valence-electron chi connectivity index (χ4n) is 5.51. The summed E-state index contributed by atoms with van der Waals surface area (Å²) in [5.41, 5.74) is -0.662. The lowest BCUT2D eigenvalue weighted by molar-refractivity contribution is -0.578. The molecule has 0 aromatic rings. The van der Waals surface area contributed by atoms with Gasteiger partial charge in [-0.3, -0.25) is 9.59 Å². The van der Waals surface area contributed by atoms with Gasteiger partial charge in [0, 0.05) is 18.3 Å². The van der Waals surface area contributed by atoms with Gasteiger partial charge in [0.15, 0.2) is 25.0 Å². The molecule has 4 saturated heterocycles. The normalized spacial score (nSPS) is 45.9. The van der Waals surface area contributed by atoms with Crippen molar-refractivity contribution in [1.29, 1.82) is 0 Å². The number of ether oxygens (including phenoxy) is 4. The molecule has 0 aromatic heterocycles. The standard InChI is InChI=1S/C20H30O9/c1-11-4-5-14-12(2)17(25-10-24-16(23)7-6-15(21)22)26-18-20(14)13(11)8-9-19(3,27-18)28-29-20/h11-14,17-18H,4-10H2,1-3H3,(H,21,22)/t11-,12-,13?,14?,17-,18-,19?,20-/m1/s1. The third-order valence-corrected chi connectivity index (χ3v) is 7.09. The molecule has 1 spiro atoms. The third kappa shape index (κ3) is 3.67. The first-order valence-electron chi connectivity index (χ1n) is 10.4. The molecule has 5 fully saturated rings. The van der Waals surface area contributed by atoms with Crippen LogP contribution < -0.4 is 0 Å². The van der Waals surface area contributed by atoms with Crippen molar-refractivity contribution in [3.8, 4) is 0 Å². The van der Waals surface area contributed by atoms with Crippen molar-refractivity contribution in [2.75, 3.05) is 6.79 Å². The number of carbonyl (C=O) groups excluding carboxylic acids is 1. The van der Waals surface area contributed by atoms with Crippen LogP contribution in [0.3, 0.4) is 0 Å². The number of carboxylic acid groups (broad SMARTS) is 1. The summed E-state index contributed by atoms with van der Waals surface area (Å²) >= 11 is 0. The summed E-state index contributed by atoms with van der Waals surface area (Å²) in [5.74, 6) is -1.67. The molecular weight excluding hydrogens is 384 g/mol. The first kappa shape index (κ1) is 21.0. The molecule has 1 N–H and O–H groups in total. The second-order valence-corrected chi connectivity index (χ2v) is 8.97. The molecule has 9 heteroatoms. The second-order valence-electron chi connectivity index (χ2n) is 8.97. The van der Waals surface area contributed by atoms with E-state index in [1.54, 1.807) is 0 Å². The van der Waals surface area contributed by atoms with E-state index in [0.717, 1.165) is 25.7 Å². The van der Waals surface area contributed by atoms with Crippen LogP contribution in [0, 0.1) is 23.7 Å². The highest BCUT2D eigenvalue weighted by Crippen LogP contribution is 2.60. The summed E-state index contributed by atoms with van der Waals surface area (Å²) in [6, 6.07) is 0. The molecule has 1 aliphatic carbocycles. The number of fused-ring (bicyclic) bond motifs is 2. The molecule has 9 nitrogen and oxygen atoms in total. The largest absolute Gasteiger partial charge is 0.481 e. The Morgan fingerprint density at radius 1 is 1.10 bits per heavy atom. The van der Waals surface area contributed by atoms with Crippen molar-refractivity contribution in [1.82, 2.24) is 0 Å². The van der Waals surface area contributed by atoms with E-state index in [1.807, 2.05) is 13.8 Å². The topological polar surface area (TPSA) is 110 Å². The van der Waals surface area contributed by atoms with E-state index in [2.05, 4.69) is 6.92 Å². The van der Waals surface area contributed by atoms with Gasteiger partial charge in [-0.05, 0) is 38.0 Å². The smallest absolute Gasteiger partial charge is 0.308 e. The Bertz CT molecular complexity index is 654. The zero-order chi connectivity index (χ0) is 20.8. The minimum absolute atomic E-state index is 0.0198. The highest BCUT2D eigenvalue weighted by molar-refractivity contribution is 5.76. The van der Waals surface area contributed by atoms with Crippen LogP contribution in [-0.4, -0.2) is 47.8 Å². The average Bonchev–Trinajstić information content (AvgIpc) is 2.90.